The van der Waals surface area contributed by atoms with Gasteiger partial charge in [0, 0.05) is 11.6 Å². The summed E-state index contributed by atoms with van der Waals surface area (Å²) in [6.45, 7) is 1.80. The average molecular weight is 259 g/mol. The van der Waals surface area contributed by atoms with Gasteiger partial charge in [0.05, 0.1) is 10.5 Å². The minimum absolute atomic E-state index is 0.0261. The standard InChI is InChI=1S/C14H10FNO3/c1-9-2-5-13(15)12(6-9)10-3-4-11(8-17)14(7-10)16(18)19/h2-8H,1H3. The Morgan fingerprint density at radius 2 is 1.95 bits per heavy atom. The summed E-state index contributed by atoms with van der Waals surface area (Å²) < 4.78 is 13.7. The molecule has 0 aliphatic carbocycles. The summed E-state index contributed by atoms with van der Waals surface area (Å²) >= 11 is 0. The molecule has 19 heavy (non-hydrogen) atoms. The van der Waals surface area contributed by atoms with Crippen LogP contribution in [0, 0.1) is 22.9 Å². The lowest BCUT2D eigenvalue weighted by atomic mass is 10.0. The van der Waals surface area contributed by atoms with Crippen LogP contribution in [0.15, 0.2) is 36.4 Å². The quantitative estimate of drug-likeness (QED) is 0.481. The summed E-state index contributed by atoms with van der Waals surface area (Å²) in [6, 6.07) is 8.56. The molecule has 0 amide bonds. The molecule has 0 N–H and O–H groups in total. The first-order valence-electron chi connectivity index (χ1n) is 5.53. The molecule has 2 aromatic rings. The number of carbonyl (C=O) groups excluding carboxylic acids is 1. The zero-order valence-electron chi connectivity index (χ0n) is 10.1. The van der Waals surface area contributed by atoms with Gasteiger partial charge in [-0.25, -0.2) is 4.39 Å². The van der Waals surface area contributed by atoms with Crippen molar-refractivity contribution in [2.75, 3.05) is 0 Å². The maximum absolute atomic E-state index is 13.7. The van der Waals surface area contributed by atoms with Crippen LogP contribution in [0.5, 0.6) is 0 Å². The van der Waals surface area contributed by atoms with Crippen LogP contribution < -0.4 is 0 Å². The number of carbonyl (C=O) groups is 1. The molecule has 0 spiro atoms. The average Bonchev–Trinajstić information content (AvgIpc) is 2.40. The second-order valence-corrected chi connectivity index (χ2v) is 4.13. The van der Waals surface area contributed by atoms with Crippen LogP contribution in [0.25, 0.3) is 11.1 Å². The Morgan fingerprint density at radius 1 is 1.21 bits per heavy atom. The van der Waals surface area contributed by atoms with Crippen LogP contribution in [-0.4, -0.2) is 11.2 Å². The van der Waals surface area contributed by atoms with E-state index in [1.54, 1.807) is 19.1 Å². The molecule has 0 bridgehead atoms. The third-order valence-electron chi connectivity index (χ3n) is 2.79. The lowest BCUT2D eigenvalue weighted by Gasteiger charge is -2.05. The molecule has 0 atom stereocenters. The number of hydrogen-bond donors (Lipinski definition) is 0. The molecule has 0 heterocycles. The second kappa shape index (κ2) is 4.97. The van der Waals surface area contributed by atoms with Crippen molar-refractivity contribution in [1.82, 2.24) is 0 Å². The van der Waals surface area contributed by atoms with Gasteiger partial charge < -0.3 is 0 Å². The highest BCUT2D eigenvalue weighted by Gasteiger charge is 2.16. The zero-order chi connectivity index (χ0) is 14.0. The van der Waals surface area contributed by atoms with Crippen LogP contribution in [0.3, 0.4) is 0 Å². The van der Waals surface area contributed by atoms with Gasteiger partial charge in [0.15, 0.2) is 6.29 Å². The zero-order valence-corrected chi connectivity index (χ0v) is 10.1. The van der Waals surface area contributed by atoms with Crippen molar-refractivity contribution in [2.24, 2.45) is 0 Å². The molecule has 0 saturated carbocycles. The first-order chi connectivity index (χ1) is 9.02. The van der Waals surface area contributed by atoms with Gasteiger partial charge in [-0.05, 0) is 30.7 Å². The van der Waals surface area contributed by atoms with Crippen LogP contribution >= 0.6 is 0 Å². The van der Waals surface area contributed by atoms with Crippen LogP contribution in [0.2, 0.25) is 0 Å². The summed E-state index contributed by atoms with van der Waals surface area (Å²) in [4.78, 5) is 20.9. The third kappa shape index (κ3) is 2.49. The van der Waals surface area contributed by atoms with Crippen molar-refractivity contribution in [3.63, 3.8) is 0 Å². The van der Waals surface area contributed by atoms with Crippen molar-refractivity contribution < 1.29 is 14.1 Å². The van der Waals surface area contributed by atoms with E-state index in [0.29, 0.717) is 11.8 Å². The Bertz CT molecular complexity index is 668. The maximum Gasteiger partial charge on any atom is 0.280 e. The highest BCUT2D eigenvalue weighted by molar-refractivity contribution is 5.84. The summed E-state index contributed by atoms with van der Waals surface area (Å²) in [6.07, 6.45) is 0.411. The van der Waals surface area contributed by atoms with E-state index in [1.165, 1.54) is 24.3 Å². The highest BCUT2D eigenvalue weighted by Crippen LogP contribution is 2.28. The molecule has 0 radical (unpaired) electrons. The molecule has 2 aromatic carbocycles. The Kier molecular flexibility index (Phi) is 3.37. The van der Waals surface area contributed by atoms with Crippen LogP contribution in [-0.2, 0) is 0 Å². The molecular formula is C14H10FNO3. The molecule has 0 aliphatic heterocycles. The summed E-state index contributed by atoms with van der Waals surface area (Å²) in [7, 11) is 0. The van der Waals surface area contributed by atoms with Crippen molar-refractivity contribution in [2.45, 2.75) is 6.92 Å². The minimum atomic E-state index is -0.652. The van der Waals surface area contributed by atoms with Crippen molar-refractivity contribution in [1.29, 1.82) is 0 Å². The third-order valence-corrected chi connectivity index (χ3v) is 2.79. The van der Waals surface area contributed by atoms with Crippen molar-refractivity contribution >= 4 is 12.0 Å². The summed E-state index contributed by atoms with van der Waals surface area (Å²) in [5.41, 5.74) is 1.15. The van der Waals surface area contributed by atoms with Gasteiger partial charge in [-0.15, -0.1) is 0 Å². The number of hydrogen-bond acceptors (Lipinski definition) is 3. The first-order valence-corrected chi connectivity index (χ1v) is 5.53. The number of benzene rings is 2. The first kappa shape index (κ1) is 12.9. The predicted molar refractivity (Wildman–Crippen MR) is 68.6 cm³/mol. The van der Waals surface area contributed by atoms with Gasteiger partial charge in [0.25, 0.3) is 5.69 Å². The topological polar surface area (TPSA) is 60.2 Å². The van der Waals surface area contributed by atoms with Crippen molar-refractivity contribution in [3.05, 3.63) is 63.5 Å². The summed E-state index contributed by atoms with van der Waals surface area (Å²) in [5.74, 6) is -0.459. The molecule has 0 saturated heterocycles. The molecule has 0 unspecified atom stereocenters. The van der Waals surface area contributed by atoms with Crippen LogP contribution in [0.1, 0.15) is 15.9 Å². The largest absolute Gasteiger partial charge is 0.298 e. The second-order valence-electron chi connectivity index (χ2n) is 4.13. The SMILES string of the molecule is Cc1ccc(F)c(-c2ccc(C=O)c([N+](=O)[O-])c2)c1. The Hall–Kier alpha value is -2.56. The molecular weight excluding hydrogens is 249 g/mol. The maximum atomic E-state index is 13.7. The Balaban J connectivity index is 2.63. The van der Waals surface area contributed by atoms with Gasteiger partial charge in [-0.1, -0.05) is 17.7 Å². The number of nitro benzene ring substituents is 1. The molecule has 0 aromatic heterocycles. The van der Waals surface area contributed by atoms with Crippen molar-refractivity contribution in [3.8, 4) is 11.1 Å². The molecule has 2 rings (SSSR count). The monoisotopic (exact) mass is 259 g/mol. The lowest BCUT2D eigenvalue weighted by molar-refractivity contribution is -0.385. The predicted octanol–water partition coefficient (Wildman–Crippen LogP) is 3.52. The molecule has 96 valence electrons. The van der Waals surface area contributed by atoms with E-state index in [-0.39, 0.29) is 16.8 Å². The van der Waals surface area contributed by atoms with Gasteiger partial charge in [0.1, 0.15) is 5.82 Å². The Labute approximate surface area is 108 Å². The van der Waals surface area contributed by atoms with E-state index in [2.05, 4.69) is 0 Å². The van der Waals surface area contributed by atoms with Gasteiger partial charge in [0.2, 0.25) is 0 Å². The number of aryl methyl sites for hydroxylation is 1. The minimum Gasteiger partial charge on any atom is -0.298 e. The summed E-state index contributed by atoms with van der Waals surface area (Å²) in [5, 5.41) is 10.9. The number of halogens is 1. The van der Waals surface area contributed by atoms with E-state index in [4.69, 9.17) is 0 Å². The van der Waals surface area contributed by atoms with Gasteiger partial charge in [-0.3, -0.25) is 14.9 Å². The fourth-order valence-electron chi connectivity index (χ4n) is 1.83. The van der Waals surface area contributed by atoms with E-state index >= 15 is 0 Å². The van der Waals surface area contributed by atoms with E-state index < -0.39 is 10.7 Å². The van der Waals surface area contributed by atoms with E-state index in [9.17, 15) is 19.3 Å². The number of nitrogens with zero attached hydrogens (tertiary/aromatic N) is 1. The van der Waals surface area contributed by atoms with E-state index in [0.717, 1.165) is 5.56 Å². The van der Waals surface area contributed by atoms with Crippen LogP contribution in [0.4, 0.5) is 10.1 Å². The van der Waals surface area contributed by atoms with Gasteiger partial charge >= 0.3 is 0 Å². The fraction of sp³-hybridized carbons (Fsp3) is 0.0714. The highest BCUT2D eigenvalue weighted by atomic mass is 19.1. The van der Waals surface area contributed by atoms with E-state index in [1.807, 2.05) is 0 Å². The lowest BCUT2D eigenvalue weighted by Crippen LogP contribution is -1.95. The Morgan fingerprint density at radius 3 is 2.58 bits per heavy atom. The molecule has 4 nitrogen and oxygen atoms in total. The van der Waals surface area contributed by atoms with Gasteiger partial charge in [-0.2, -0.15) is 0 Å². The molecule has 0 fully saturated rings. The number of aldehydes is 1. The number of rotatable bonds is 3. The number of nitro groups is 1. The normalized spacial score (nSPS) is 10.2. The fourth-order valence-corrected chi connectivity index (χ4v) is 1.83. The smallest absolute Gasteiger partial charge is 0.280 e. The molecule has 0 aliphatic rings. The molecule has 5 heteroatoms.